The lowest BCUT2D eigenvalue weighted by Crippen LogP contribution is -2.42. The van der Waals surface area contributed by atoms with Gasteiger partial charge in [-0.05, 0) is 19.4 Å². The number of carbonyl (C=O) groups is 2. The first-order valence-corrected chi connectivity index (χ1v) is 6.09. The molecule has 1 atom stereocenters. The lowest BCUT2D eigenvalue weighted by Gasteiger charge is -2.18. The molecule has 0 saturated carbocycles. The highest BCUT2D eigenvalue weighted by molar-refractivity contribution is 6.31. The fourth-order valence-electron chi connectivity index (χ4n) is 1.34. The van der Waals surface area contributed by atoms with Crippen LogP contribution < -0.4 is 5.32 Å². The molecule has 0 radical (unpaired) electrons. The molecule has 4 nitrogen and oxygen atoms in total. The Morgan fingerprint density at radius 2 is 1.89 bits per heavy atom. The van der Waals surface area contributed by atoms with E-state index < -0.39 is 17.3 Å². The van der Waals surface area contributed by atoms with E-state index in [4.69, 9.17) is 11.6 Å². The van der Waals surface area contributed by atoms with E-state index >= 15 is 0 Å². The molecule has 0 saturated heterocycles. The third-order valence-electron chi connectivity index (χ3n) is 2.48. The highest BCUT2D eigenvalue weighted by Gasteiger charge is 2.16. The molecule has 3 amide bonds. The SMILES string of the molecule is Cc1ccc(CN(C)C(=O)NC(=O)C(C)Cl)cc1. The van der Waals surface area contributed by atoms with Crippen molar-refractivity contribution in [3.63, 3.8) is 0 Å². The first-order valence-electron chi connectivity index (χ1n) is 5.65. The Kier molecular flexibility index (Phi) is 5.16. The first kappa shape index (κ1) is 14.5. The summed E-state index contributed by atoms with van der Waals surface area (Å²) < 4.78 is 0. The van der Waals surface area contributed by atoms with E-state index in [0.717, 1.165) is 11.1 Å². The smallest absolute Gasteiger partial charge is 0.323 e. The second kappa shape index (κ2) is 6.40. The minimum Gasteiger partial charge on any atom is -0.323 e. The average molecular weight is 269 g/mol. The van der Waals surface area contributed by atoms with Gasteiger partial charge < -0.3 is 4.90 Å². The van der Waals surface area contributed by atoms with Gasteiger partial charge in [0.25, 0.3) is 0 Å². The molecule has 0 bridgehead atoms. The summed E-state index contributed by atoms with van der Waals surface area (Å²) in [5.74, 6) is -0.488. The Labute approximate surface area is 112 Å². The number of rotatable bonds is 3. The quantitative estimate of drug-likeness (QED) is 0.855. The van der Waals surface area contributed by atoms with E-state index in [1.807, 2.05) is 31.2 Å². The van der Waals surface area contributed by atoms with Crippen molar-refractivity contribution < 1.29 is 9.59 Å². The van der Waals surface area contributed by atoms with Crippen molar-refractivity contribution in [2.24, 2.45) is 0 Å². The van der Waals surface area contributed by atoms with Crippen LogP contribution in [0.5, 0.6) is 0 Å². The van der Waals surface area contributed by atoms with Crippen LogP contribution in [0.1, 0.15) is 18.1 Å². The molecule has 18 heavy (non-hydrogen) atoms. The Morgan fingerprint density at radius 1 is 1.33 bits per heavy atom. The third-order valence-corrected chi connectivity index (χ3v) is 2.68. The zero-order valence-corrected chi connectivity index (χ0v) is 11.5. The summed E-state index contributed by atoms with van der Waals surface area (Å²) in [6.45, 7) is 3.96. The molecule has 5 heteroatoms. The number of nitrogens with one attached hydrogen (secondary N) is 1. The van der Waals surface area contributed by atoms with Crippen molar-refractivity contribution in [2.75, 3.05) is 7.05 Å². The number of aryl methyl sites for hydroxylation is 1. The van der Waals surface area contributed by atoms with E-state index in [2.05, 4.69) is 5.32 Å². The van der Waals surface area contributed by atoms with E-state index in [9.17, 15) is 9.59 Å². The molecule has 0 aliphatic carbocycles. The number of carbonyl (C=O) groups excluding carboxylic acids is 2. The van der Waals surface area contributed by atoms with Gasteiger partial charge in [-0.1, -0.05) is 29.8 Å². The molecule has 0 aromatic heterocycles. The summed E-state index contributed by atoms with van der Waals surface area (Å²) in [5, 5.41) is 1.51. The van der Waals surface area contributed by atoms with E-state index in [-0.39, 0.29) is 0 Å². The van der Waals surface area contributed by atoms with Gasteiger partial charge in [0.15, 0.2) is 0 Å². The predicted octanol–water partition coefficient (Wildman–Crippen LogP) is 2.29. The van der Waals surface area contributed by atoms with Crippen molar-refractivity contribution in [1.29, 1.82) is 0 Å². The van der Waals surface area contributed by atoms with Crippen molar-refractivity contribution in [3.05, 3.63) is 35.4 Å². The standard InChI is InChI=1S/C13H17ClN2O2/c1-9-4-6-11(7-5-9)8-16(3)13(18)15-12(17)10(2)14/h4-7,10H,8H2,1-3H3,(H,15,17,18). The Hall–Kier alpha value is -1.55. The second-order valence-corrected chi connectivity index (χ2v) is 4.91. The molecule has 0 fully saturated rings. The van der Waals surface area contributed by atoms with Crippen LogP contribution in [0, 0.1) is 6.92 Å². The van der Waals surface area contributed by atoms with E-state index in [0.29, 0.717) is 6.54 Å². The lowest BCUT2D eigenvalue weighted by molar-refractivity contribution is -0.119. The van der Waals surface area contributed by atoms with Crippen LogP contribution in [-0.2, 0) is 11.3 Å². The highest BCUT2D eigenvalue weighted by Crippen LogP contribution is 2.06. The number of hydrogen-bond acceptors (Lipinski definition) is 2. The van der Waals surface area contributed by atoms with Crippen LogP contribution in [0.25, 0.3) is 0 Å². The number of nitrogens with zero attached hydrogens (tertiary/aromatic N) is 1. The molecule has 1 N–H and O–H groups in total. The minimum absolute atomic E-state index is 0.441. The number of alkyl halides is 1. The van der Waals surface area contributed by atoms with Gasteiger partial charge in [-0.25, -0.2) is 4.79 Å². The minimum atomic E-state index is -0.721. The molecule has 98 valence electrons. The van der Waals surface area contributed by atoms with Crippen molar-refractivity contribution in [2.45, 2.75) is 25.8 Å². The molecule has 1 aromatic carbocycles. The van der Waals surface area contributed by atoms with Crippen molar-refractivity contribution >= 4 is 23.5 Å². The second-order valence-electron chi connectivity index (χ2n) is 4.25. The maximum absolute atomic E-state index is 11.7. The number of imide groups is 1. The number of benzene rings is 1. The fraction of sp³-hybridized carbons (Fsp3) is 0.385. The van der Waals surface area contributed by atoms with Crippen LogP contribution >= 0.6 is 11.6 Å². The van der Waals surface area contributed by atoms with Crippen molar-refractivity contribution in [3.8, 4) is 0 Å². The van der Waals surface area contributed by atoms with E-state index in [1.165, 1.54) is 11.8 Å². The number of hydrogen-bond donors (Lipinski definition) is 1. The van der Waals surface area contributed by atoms with Gasteiger partial charge in [0.05, 0.1) is 0 Å². The molecule has 0 heterocycles. The molecule has 0 aliphatic rings. The Balaban J connectivity index is 2.54. The fourth-order valence-corrected chi connectivity index (χ4v) is 1.39. The van der Waals surface area contributed by atoms with Gasteiger partial charge in [-0.3, -0.25) is 10.1 Å². The lowest BCUT2D eigenvalue weighted by atomic mass is 10.1. The number of urea groups is 1. The van der Waals surface area contributed by atoms with Gasteiger partial charge in [-0.2, -0.15) is 0 Å². The van der Waals surface area contributed by atoms with Crippen LogP contribution in [0.4, 0.5) is 4.79 Å². The Bertz CT molecular complexity index is 429. The van der Waals surface area contributed by atoms with Crippen LogP contribution in [-0.4, -0.2) is 29.3 Å². The summed E-state index contributed by atoms with van der Waals surface area (Å²) in [7, 11) is 1.63. The molecule has 1 rings (SSSR count). The van der Waals surface area contributed by atoms with Crippen LogP contribution in [0.15, 0.2) is 24.3 Å². The Morgan fingerprint density at radius 3 is 2.39 bits per heavy atom. The van der Waals surface area contributed by atoms with Crippen LogP contribution in [0.2, 0.25) is 0 Å². The molecule has 0 spiro atoms. The van der Waals surface area contributed by atoms with Gasteiger partial charge >= 0.3 is 6.03 Å². The molecular weight excluding hydrogens is 252 g/mol. The summed E-state index contributed by atoms with van der Waals surface area (Å²) >= 11 is 5.57. The number of amides is 3. The zero-order chi connectivity index (χ0) is 13.7. The monoisotopic (exact) mass is 268 g/mol. The molecule has 0 aliphatic heterocycles. The number of halogens is 1. The maximum atomic E-state index is 11.7. The average Bonchev–Trinajstić information content (AvgIpc) is 2.31. The van der Waals surface area contributed by atoms with Gasteiger partial charge in [-0.15, -0.1) is 11.6 Å². The van der Waals surface area contributed by atoms with Gasteiger partial charge in [0.1, 0.15) is 5.38 Å². The van der Waals surface area contributed by atoms with Crippen LogP contribution in [0.3, 0.4) is 0 Å². The normalized spacial score (nSPS) is 11.8. The van der Waals surface area contributed by atoms with E-state index in [1.54, 1.807) is 7.05 Å². The summed E-state index contributed by atoms with van der Waals surface area (Å²) in [4.78, 5) is 24.4. The topological polar surface area (TPSA) is 49.4 Å². The summed E-state index contributed by atoms with van der Waals surface area (Å²) in [6, 6.07) is 7.41. The summed E-state index contributed by atoms with van der Waals surface area (Å²) in [6.07, 6.45) is 0. The molecule has 1 unspecified atom stereocenters. The first-order chi connectivity index (χ1) is 8.40. The zero-order valence-electron chi connectivity index (χ0n) is 10.7. The highest BCUT2D eigenvalue weighted by atomic mass is 35.5. The third kappa shape index (κ3) is 4.37. The summed E-state index contributed by atoms with van der Waals surface area (Å²) in [5.41, 5.74) is 2.17. The predicted molar refractivity (Wildman–Crippen MR) is 71.5 cm³/mol. The molecule has 1 aromatic rings. The van der Waals surface area contributed by atoms with Gasteiger partial charge in [0.2, 0.25) is 5.91 Å². The van der Waals surface area contributed by atoms with Gasteiger partial charge in [0, 0.05) is 13.6 Å². The maximum Gasteiger partial charge on any atom is 0.324 e. The van der Waals surface area contributed by atoms with Crippen molar-refractivity contribution in [1.82, 2.24) is 10.2 Å². The molecular formula is C13H17ClN2O2. The largest absolute Gasteiger partial charge is 0.324 e.